The van der Waals surface area contributed by atoms with Crippen molar-refractivity contribution < 1.29 is 0 Å². The van der Waals surface area contributed by atoms with E-state index in [1.165, 1.54) is 10.3 Å². The lowest BCUT2D eigenvalue weighted by Gasteiger charge is -2.35. The summed E-state index contributed by atoms with van der Waals surface area (Å²) in [6, 6.07) is 2.20. The summed E-state index contributed by atoms with van der Waals surface area (Å²) in [6.07, 6.45) is 3.74. The molecule has 1 aliphatic heterocycles. The predicted molar refractivity (Wildman–Crippen MR) is 116 cm³/mol. The number of aromatic nitrogens is 5. The van der Waals surface area contributed by atoms with Gasteiger partial charge in [0.2, 0.25) is 10.1 Å². The lowest BCUT2D eigenvalue weighted by molar-refractivity contribution is 0.572. The van der Waals surface area contributed by atoms with Gasteiger partial charge in [-0.3, -0.25) is 0 Å². The highest BCUT2D eigenvalue weighted by molar-refractivity contribution is 7.20. The van der Waals surface area contributed by atoms with Gasteiger partial charge in [-0.2, -0.15) is 0 Å². The number of aryl methyl sites for hydroxylation is 1. The maximum atomic E-state index is 4.78. The Bertz CT molecular complexity index is 1110. The van der Waals surface area contributed by atoms with E-state index in [0.29, 0.717) is 0 Å². The lowest BCUT2D eigenvalue weighted by atomic mass is 9.93. The van der Waals surface area contributed by atoms with Crippen LogP contribution in [-0.2, 0) is 5.41 Å². The van der Waals surface area contributed by atoms with E-state index >= 15 is 0 Å². The van der Waals surface area contributed by atoms with Crippen LogP contribution in [0.25, 0.3) is 15.2 Å². The van der Waals surface area contributed by atoms with Crippen molar-refractivity contribution in [2.75, 3.05) is 36.0 Å². The van der Waals surface area contributed by atoms with E-state index in [4.69, 9.17) is 10.1 Å². The molecule has 0 aliphatic carbocycles. The maximum Gasteiger partial charge on any atom is 0.214 e. The Morgan fingerprint density at radius 1 is 1.00 bits per heavy atom. The first kappa shape index (κ1) is 17.8. The Kier molecular flexibility index (Phi) is 4.06. The van der Waals surface area contributed by atoms with Crippen LogP contribution in [0.3, 0.4) is 0 Å². The maximum absolute atomic E-state index is 4.78. The highest BCUT2D eigenvalue weighted by Crippen LogP contribution is 2.32. The summed E-state index contributed by atoms with van der Waals surface area (Å²) in [5.41, 5.74) is 1.13. The summed E-state index contributed by atoms with van der Waals surface area (Å²) in [5.74, 6) is 1.05. The van der Waals surface area contributed by atoms with Crippen LogP contribution >= 0.6 is 22.7 Å². The predicted octanol–water partition coefficient (Wildman–Crippen LogP) is 3.73. The minimum absolute atomic E-state index is 0.0437. The van der Waals surface area contributed by atoms with E-state index in [9.17, 15) is 0 Å². The summed E-state index contributed by atoms with van der Waals surface area (Å²) >= 11 is 3.40. The molecule has 0 atom stereocenters. The zero-order chi connectivity index (χ0) is 19.5. The monoisotopic (exact) mass is 413 g/mol. The summed E-state index contributed by atoms with van der Waals surface area (Å²) in [5, 5.41) is 6.99. The van der Waals surface area contributed by atoms with Crippen molar-refractivity contribution >= 4 is 48.8 Å². The molecular formula is C19H23N7S2. The summed E-state index contributed by atoms with van der Waals surface area (Å²) in [7, 11) is 0. The minimum atomic E-state index is 0.0437. The first-order chi connectivity index (χ1) is 13.4. The normalized spacial score (nSPS) is 15.9. The molecule has 0 amide bonds. The second kappa shape index (κ2) is 6.38. The minimum Gasteiger partial charge on any atom is -0.352 e. The quantitative estimate of drug-likeness (QED) is 0.499. The molecule has 0 saturated carbocycles. The van der Waals surface area contributed by atoms with Crippen molar-refractivity contribution in [3.8, 4) is 0 Å². The number of piperazine rings is 1. The largest absolute Gasteiger partial charge is 0.352 e. The Morgan fingerprint density at radius 2 is 1.75 bits per heavy atom. The van der Waals surface area contributed by atoms with Gasteiger partial charge in [0.05, 0.1) is 17.3 Å². The summed E-state index contributed by atoms with van der Waals surface area (Å²) < 4.78 is 1.93. The average molecular weight is 414 g/mol. The number of anilines is 2. The van der Waals surface area contributed by atoms with Crippen LogP contribution in [0.2, 0.25) is 0 Å². The van der Waals surface area contributed by atoms with Crippen molar-refractivity contribution in [2.45, 2.75) is 33.1 Å². The summed E-state index contributed by atoms with van der Waals surface area (Å²) in [6.45, 7) is 12.4. The van der Waals surface area contributed by atoms with E-state index in [1.807, 2.05) is 4.52 Å². The molecule has 0 N–H and O–H groups in total. The smallest absolute Gasteiger partial charge is 0.214 e. The molecule has 7 nitrogen and oxygen atoms in total. The van der Waals surface area contributed by atoms with E-state index in [0.717, 1.165) is 52.6 Å². The second-order valence-corrected chi connectivity index (χ2v) is 10.4. The van der Waals surface area contributed by atoms with Gasteiger partial charge in [-0.25, -0.2) is 19.5 Å². The Morgan fingerprint density at radius 3 is 2.46 bits per heavy atom. The topological polar surface area (TPSA) is 62.5 Å². The molecule has 1 saturated heterocycles. The first-order valence-electron chi connectivity index (χ1n) is 9.46. The molecular weight excluding hydrogens is 390 g/mol. The number of thiophene rings is 1. The van der Waals surface area contributed by atoms with Crippen LogP contribution in [0.15, 0.2) is 18.6 Å². The number of fused-ring (bicyclic) bond motifs is 2. The van der Waals surface area contributed by atoms with Crippen LogP contribution in [0.4, 0.5) is 10.9 Å². The summed E-state index contributed by atoms with van der Waals surface area (Å²) in [4.78, 5) is 21.8. The van der Waals surface area contributed by atoms with Gasteiger partial charge in [0.25, 0.3) is 0 Å². The Hall–Kier alpha value is -2.26. The SMILES string of the molecule is Cc1cc2c(N3CCN(c4nn5cc(C(C)(C)C)nc5s4)CC3)ncnc2s1. The van der Waals surface area contributed by atoms with Crippen molar-refractivity contribution in [1.29, 1.82) is 0 Å². The van der Waals surface area contributed by atoms with Crippen LogP contribution in [-0.4, -0.2) is 50.7 Å². The van der Waals surface area contributed by atoms with Crippen molar-refractivity contribution in [3.63, 3.8) is 0 Å². The van der Waals surface area contributed by atoms with Gasteiger partial charge in [0.15, 0.2) is 0 Å². The van der Waals surface area contributed by atoms with Gasteiger partial charge in [0.1, 0.15) is 17.0 Å². The lowest BCUT2D eigenvalue weighted by Crippen LogP contribution is -2.46. The van der Waals surface area contributed by atoms with Crippen LogP contribution in [0.5, 0.6) is 0 Å². The fourth-order valence-corrected chi connectivity index (χ4v) is 5.28. The molecule has 0 bridgehead atoms. The molecule has 28 heavy (non-hydrogen) atoms. The van der Waals surface area contributed by atoms with Gasteiger partial charge < -0.3 is 9.80 Å². The van der Waals surface area contributed by atoms with E-state index in [2.05, 4.69) is 59.7 Å². The molecule has 4 aromatic rings. The van der Waals surface area contributed by atoms with Crippen molar-refractivity contribution in [1.82, 2.24) is 24.6 Å². The van der Waals surface area contributed by atoms with Gasteiger partial charge in [-0.1, -0.05) is 32.1 Å². The van der Waals surface area contributed by atoms with Gasteiger partial charge in [0, 0.05) is 36.5 Å². The average Bonchev–Trinajstić information content (AvgIpc) is 3.32. The Labute approximate surface area is 171 Å². The van der Waals surface area contributed by atoms with Gasteiger partial charge in [-0.15, -0.1) is 16.4 Å². The molecule has 5 rings (SSSR count). The third-order valence-corrected chi connectivity index (χ3v) is 7.02. The molecule has 4 aromatic heterocycles. The molecule has 146 valence electrons. The molecule has 5 heterocycles. The highest BCUT2D eigenvalue weighted by atomic mass is 32.1. The van der Waals surface area contributed by atoms with Crippen LogP contribution in [0, 0.1) is 6.92 Å². The zero-order valence-electron chi connectivity index (χ0n) is 16.5. The number of hydrogen-bond donors (Lipinski definition) is 0. The zero-order valence-corrected chi connectivity index (χ0v) is 18.1. The molecule has 0 aromatic carbocycles. The van der Waals surface area contributed by atoms with Gasteiger partial charge in [-0.05, 0) is 13.0 Å². The number of imidazole rings is 1. The van der Waals surface area contributed by atoms with Crippen molar-refractivity contribution in [3.05, 3.63) is 29.2 Å². The third kappa shape index (κ3) is 3.02. The standard InChI is InChI=1S/C19H23N7S2/c1-12-9-13-15(20-11-21-16(13)27-12)24-5-7-25(8-6-24)18-23-26-10-14(19(2,3)4)22-17(26)28-18/h9-11H,5-8H2,1-4H3. The fraction of sp³-hybridized carbons (Fsp3) is 0.474. The highest BCUT2D eigenvalue weighted by Gasteiger charge is 2.24. The molecule has 1 fully saturated rings. The molecule has 0 spiro atoms. The van der Waals surface area contributed by atoms with E-state index in [-0.39, 0.29) is 5.41 Å². The second-order valence-electron chi connectivity index (χ2n) is 8.24. The molecule has 9 heteroatoms. The van der Waals surface area contributed by atoms with E-state index in [1.54, 1.807) is 29.0 Å². The molecule has 0 unspecified atom stereocenters. The fourth-order valence-electron chi connectivity index (χ4n) is 3.50. The van der Waals surface area contributed by atoms with Crippen LogP contribution < -0.4 is 9.80 Å². The number of nitrogens with zero attached hydrogens (tertiary/aromatic N) is 7. The first-order valence-corrected chi connectivity index (χ1v) is 11.1. The molecule has 0 radical (unpaired) electrons. The van der Waals surface area contributed by atoms with Gasteiger partial charge >= 0.3 is 0 Å². The number of rotatable bonds is 2. The van der Waals surface area contributed by atoms with Crippen LogP contribution in [0.1, 0.15) is 31.3 Å². The Balaban J connectivity index is 1.34. The van der Waals surface area contributed by atoms with E-state index < -0.39 is 0 Å². The third-order valence-electron chi connectivity index (χ3n) is 5.08. The van der Waals surface area contributed by atoms with Crippen molar-refractivity contribution in [2.24, 2.45) is 0 Å². The number of hydrogen-bond acceptors (Lipinski definition) is 8. The molecule has 1 aliphatic rings.